The van der Waals surface area contributed by atoms with Crippen LogP contribution in [0.15, 0.2) is 18.5 Å². The van der Waals surface area contributed by atoms with E-state index in [4.69, 9.17) is 0 Å². The van der Waals surface area contributed by atoms with Gasteiger partial charge in [-0.2, -0.15) is 0 Å². The van der Waals surface area contributed by atoms with Crippen LogP contribution in [-0.2, 0) is 7.05 Å². The van der Waals surface area contributed by atoms with Crippen LogP contribution in [0.1, 0.15) is 23.3 Å². The van der Waals surface area contributed by atoms with Crippen molar-refractivity contribution < 1.29 is 0 Å². The normalized spacial score (nSPS) is 12.7. The molecule has 0 saturated carbocycles. The topological polar surface area (TPSA) is 68.5 Å². The largest absolute Gasteiger partial charge is 0.307 e. The minimum absolute atomic E-state index is 0.0123. The van der Waals surface area contributed by atoms with Gasteiger partial charge in [0.25, 0.3) is 0 Å². The van der Waals surface area contributed by atoms with E-state index in [0.29, 0.717) is 0 Å². The SMILES string of the molecule is CNC(c1ccnc(C)n1)c1cnnn1C. The molecule has 16 heavy (non-hydrogen) atoms. The first-order valence-electron chi connectivity index (χ1n) is 5.03. The average molecular weight is 218 g/mol. The Hall–Kier alpha value is -1.82. The van der Waals surface area contributed by atoms with Gasteiger partial charge < -0.3 is 5.32 Å². The summed E-state index contributed by atoms with van der Waals surface area (Å²) in [4.78, 5) is 8.48. The summed E-state index contributed by atoms with van der Waals surface area (Å²) in [5.74, 6) is 0.757. The van der Waals surface area contributed by atoms with Gasteiger partial charge in [-0.05, 0) is 20.0 Å². The van der Waals surface area contributed by atoms with Crippen molar-refractivity contribution in [3.05, 3.63) is 35.7 Å². The van der Waals surface area contributed by atoms with Crippen molar-refractivity contribution in [2.24, 2.45) is 7.05 Å². The molecule has 2 aromatic heterocycles. The van der Waals surface area contributed by atoms with Crippen LogP contribution in [0.2, 0.25) is 0 Å². The lowest BCUT2D eigenvalue weighted by Gasteiger charge is -2.15. The Morgan fingerprint density at radius 3 is 2.81 bits per heavy atom. The average Bonchev–Trinajstić information content (AvgIpc) is 2.67. The van der Waals surface area contributed by atoms with Crippen LogP contribution in [0.4, 0.5) is 0 Å². The Labute approximate surface area is 93.7 Å². The van der Waals surface area contributed by atoms with E-state index in [0.717, 1.165) is 17.2 Å². The van der Waals surface area contributed by atoms with Gasteiger partial charge in [-0.3, -0.25) is 4.68 Å². The van der Waals surface area contributed by atoms with Crippen LogP contribution in [0.3, 0.4) is 0 Å². The Bertz CT molecular complexity index is 478. The Morgan fingerprint density at radius 2 is 2.25 bits per heavy atom. The number of aromatic nitrogens is 5. The van der Waals surface area contributed by atoms with Crippen LogP contribution in [0.25, 0.3) is 0 Å². The first-order valence-corrected chi connectivity index (χ1v) is 5.03. The van der Waals surface area contributed by atoms with Crippen molar-refractivity contribution in [2.75, 3.05) is 7.05 Å². The first-order chi connectivity index (χ1) is 7.72. The summed E-state index contributed by atoms with van der Waals surface area (Å²) in [7, 11) is 3.75. The van der Waals surface area contributed by atoms with Gasteiger partial charge in [0, 0.05) is 13.2 Å². The van der Waals surface area contributed by atoms with Crippen molar-refractivity contribution in [3.63, 3.8) is 0 Å². The zero-order chi connectivity index (χ0) is 11.5. The van der Waals surface area contributed by atoms with Crippen molar-refractivity contribution in [2.45, 2.75) is 13.0 Å². The molecule has 0 amide bonds. The third-order valence-electron chi connectivity index (χ3n) is 2.43. The molecule has 0 spiro atoms. The molecule has 0 saturated heterocycles. The minimum Gasteiger partial charge on any atom is -0.307 e. The van der Waals surface area contributed by atoms with E-state index in [1.54, 1.807) is 17.1 Å². The van der Waals surface area contributed by atoms with Gasteiger partial charge in [-0.1, -0.05) is 5.21 Å². The third kappa shape index (κ3) is 1.92. The predicted octanol–water partition coefficient (Wildman–Crippen LogP) is 0.222. The quantitative estimate of drug-likeness (QED) is 0.798. The number of hydrogen-bond donors (Lipinski definition) is 1. The maximum absolute atomic E-state index is 4.40. The fourth-order valence-corrected chi connectivity index (χ4v) is 1.64. The fourth-order valence-electron chi connectivity index (χ4n) is 1.64. The molecule has 0 aliphatic rings. The minimum atomic E-state index is -0.0123. The van der Waals surface area contributed by atoms with Crippen molar-refractivity contribution >= 4 is 0 Å². The van der Waals surface area contributed by atoms with Gasteiger partial charge in [-0.25, -0.2) is 9.97 Å². The van der Waals surface area contributed by atoms with Gasteiger partial charge >= 0.3 is 0 Å². The third-order valence-corrected chi connectivity index (χ3v) is 2.43. The molecule has 1 unspecified atom stereocenters. The fraction of sp³-hybridized carbons (Fsp3) is 0.400. The standard InChI is InChI=1S/C10H14N6/c1-7-12-5-4-8(14-7)10(11-2)9-6-13-15-16(9)3/h4-6,10-11H,1-3H3. The zero-order valence-corrected chi connectivity index (χ0v) is 9.55. The summed E-state index contributed by atoms with van der Waals surface area (Å²) in [5, 5.41) is 11.0. The van der Waals surface area contributed by atoms with Crippen molar-refractivity contribution in [1.82, 2.24) is 30.3 Å². The number of nitrogens with one attached hydrogen (secondary N) is 1. The lowest BCUT2D eigenvalue weighted by Crippen LogP contribution is -2.22. The van der Waals surface area contributed by atoms with E-state index in [2.05, 4.69) is 25.6 Å². The highest BCUT2D eigenvalue weighted by molar-refractivity contribution is 5.19. The van der Waals surface area contributed by atoms with E-state index in [9.17, 15) is 0 Å². The van der Waals surface area contributed by atoms with E-state index in [1.165, 1.54) is 0 Å². The van der Waals surface area contributed by atoms with Crippen LogP contribution >= 0.6 is 0 Å². The maximum atomic E-state index is 4.40. The second-order valence-electron chi connectivity index (χ2n) is 3.53. The number of hydrogen-bond acceptors (Lipinski definition) is 5. The molecule has 84 valence electrons. The van der Waals surface area contributed by atoms with Gasteiger partial charge in [0.05, 0.1) is 23.6 Å². The van der Waals surface area contributed by atoms with Crippen LogP contribution in [0.5, 0.6) is 0 Å². The van der Waals surface area contributed by atoms with Gasteiger partial charge in [0.1, 0.15) is 5.82 Å². The summed E-state index contributed by atoms with van der Waals surface area (Å²) >= 11 is 0. The zero-order valence-electron chi connectivity index (χ0n) is 9.55. The maximum Gasteiger partial charge on any atom is 0.125 e. The lowest BCUT2D eigenvalue weighted by atomic mass is 10.1. The van der Waals surface area contributed by atoms with E-state index >= 15 is 0 Å². The molecule has 0 aliphatic heterocycles. The van der Waals surface area contributed by atoms with Gasteiger partial charge in [0.2, 0.25) is 0 Å². The molecule has 0 bridgehead atoms. The summed E-state index contributed by atoms with van der Waals surface area (Å²) in [6, 6.07) is 1.88. The molecular weight excluding hydrogens is 204 g/mol. The summed E-state index contributed by atoms with van der Waals surface area (Å²) < 4.78 is 1.73. The van der Waals surface area contributed by atoms with E-state index in [-0.39, 0.29) is 6.04 Å². The van der Waals surface area contributed by atoms with Crippen LogP contribution in [0, 0.1) is 6.92 Å². The van der Waals surface area contributed by atoms with Crippen molar-refractivity contribution in [3.8, 4) is 0 Å². The summed E-state index contributed by atoms with van der Waals surface area (Å²) in [5.41, 5.74) is 1.89. The first kappa shape index (κ1) is 10.7. The highest BCUT2D eigenvalue weighted by Gasteiger charge is 2.17. The number of nitrogens with zero attached hydrogens (tertiary/aromatic N) is 5. The summed E-state index contributed by atoms with van der Waals surface area (Å²) in [6.45, 7) is 1.87. The van der Waals surface area contributed by atoms with E-state index < -0.39 is 0 Å². The predicted molar refractivity (Wildman–Crippen MR) is 58.7 cm³/mol. The summed E-state index contributed by atoms with van der Waals surface area (Å²) in [6.07, 6.45) is 3.49. The van der Waals surface area contributed by atoms with E-state index in [1.807, 2.05) is 27.1 Å². The highest BCUT2D eigenvalue weighted by atomic mass is 15.4. The number of aryl methyl sites for hydroxylation is 2. The monoisotopic (exact) mass is 218 g/mol. The molecule has 1 atom stereocenters. The van der Waals surface area contributed by atoms with Gasteiger partial charge in [-0.15, -0.1) is 5.10 Å². The Balaban J connectivity index is 2.40. The molecule has 1 N–H and O–H groups in total. The highest BCUT2D eigenvalue weighted by Crippen LogP contribution is 2.17. The smallest absolute Gasteiger partial charge is 0.125 e. The molecule has 2 heterocycles. The molecule has 0 aliphatic carbocycles. The Morgan fingerprint density at radius 1 is 1.44 bits per heavy atom. The van der Waals surface area contributed by atoms with Crippen LogP contribution in [-0.4, -0.2) is 32.0 Å². The van der Waals surface area contributed by atoms with Crippen LogP contribution < -0.4 is 5.32 Å². The molecule has 6 heteroatoms. The molecule has 2 rings (SSSR count). The number of rotatable bonds is 3. The Kier molecular flexibility index (Phi) is 2.91. The lowest BCUT2D eigenvalue weighted by molar-refractivity contribution is 0.585. The molecule has 6 nitrogen and oxygen atoms in total. The molecule has 0 radical (unpaired) electrons. The molecule has 0 aromatic carbocycles. The second kappa shape index (κ2) is 4.36. The molecular formula is C10H14N6. The molecule has 0 fully saturated rings. The molecule has 2 aromatic rings. The van der Waals surface area contributed by atoms with Crippen molar-refractivity contribution in [1.29, 1.82) is 0 Å². The van der Waals surface area contributed by atoms with Gasteiger partial charge in [0.15, 0.2) is 0 Å². The second-order valence-corrected chi connectivity index (χ2v) is 3.53.